The molecule has 21 heavy (non-hydrogen) atoms. The Morgan fingerprint density at radius 2 is 1.86 bits per heavy atom. The molecule has 2 aromatic rings. The number of rotatable bonds is 3. The van der Waals surface area contributed by atoms with Gasteiger partial charge in [-0.15, -0.1) is 0 Å². The van der Waals surface area contributed by atoms with Crippen molar-refractivity contribution in [2.75, 3.05) is 18.9 Å². The first kappa shape index (κ1) is 14.3. The molecular weight excluding hydrogens is 286 g/mol. The normalized spacial score (nSPS) is 16.0. The van der Waals surface area contributed by atoms with Gasteiger partial charge in [0.2, 0.25) is 5.95 Å². The lowest BCUT2D eigenvalue weighted by atomic mass is 9.94. The van der Waals surface area contributed by atoms with Crippen LogP contribution in [0.15, 0.2) is 30.3 Å². The van der Waals surface area contributed by atoms with Gasteiger partial charge in [-0.05, 0) is 43.4 Å². The van der Waals surface area contributed by atoms with Crippen molar-refractivity contribution in [1.82, 2.24) is 9.97 Å². The summed E-state index contributed by atoms with van der Waals surface area (Å²) in [6, 6.07) is 9.63. The van der Waals surface area contributed by atoms with Gasteiger partial charge in [0.15, 0.2) is 0 Å². The molecule has 3 rings (SSSR count). The van der Waals surface area contributed by atoms with Crippen molar-refractivity contribution in [3.05, 3.63) is 41.0 Å². The van der Waals surface area contributed by atoms with E-state index in [2.05, 4.69) is 9.97 Å². The Labute approximate surface area is 129 Å². The van der Waals surface area contributed by atoms with Crippen molar-refractivity contribution < 1.29 is 4.74 Å². The number of aromatic nitrogens is 2. The Morgan fingerprint density at radius 3 is 2.57 bits per heavy atom. The van der Waals surface area contributed by atoms with Crippen LogP contribution >= 0.6 is 11.6 Å². The minimum atomic E-state index is 0.324. The molecular formula is C16H18ClN3O. The molecule has 0 spiro atoms. The predicted molar refractivity (Wildman–Crippen MR) is 84.1 cm³/mol. The van der Waals surface area contributed by atoms with Crippen LogP contribution in [-0.4, -0.2) is 23.2 Å². The van der Waals surface area contributed by atoms with Crippen LogP contribution in [0, 0.1) is 5.92 Å². The number of hydrogen-bond acceptors (Lipinski definition) is 4. The molecule has 2 N–H and O–H groups in total. The average Bonchev–Trinajstić information content (AvgIpc) is 2.48. The lowest BCUT2D eigenvalue weighted by molar-refractivity contribution is 0.0663. The lowest BCUT2D eigenvalue weighted by Gasteiger charge is -2.21. The molecule has 0 radical (unpaired) electrons. The van der Waals surface area contributed by atoms with E-state index in [0.29, 0.717) is 16.9 Å². The summed E-state index contributed by atoms with van der Waals surface area (Å²) in [6.07, 6.45) is 3.09. The van der Waals surface area contributed by atoms with Crippen molar-refractivity contribution >= 4 is 17.5 Å². The third kappa shape index (κ3) is 3.71. The van der Waals surface area contributed by atoms with E-state index < -0.39 is 0 Å². The number of ether oxygens (including phenoxy) is 1. The molecule has 0 unspecified atom stereocenters. The van der Waals surface area contributed by atoms with E-state index >= 15 is 0 Å². The van der Waals surface area contributed by atoms with Gasteiger partial charge in [-0.1, -0.05) is 23.7 Å². The van der Waals surface area contributed by atoms with Gasteiger partial charge in [-0.2, -0.15) is 0 Å². The maximum Gasteiger partial charge on any atom is 0.220 e. The van der Waals surface area contributed by atoms with E-state index in [1.165, 1.54) is 0 Å². The quantitative estimate of drug-likeness (QED) is 0.944. The highest BCUT2D eigenvalue weighted by Crippen LogP contribution is 2.24. The summed E-state index contributed by atoms with van der Waals surface area (Å²) in [5.41, 5.74) is 8.71. The van der Waals surface area contributed by atoms with Crippen LogP contribution in [0.5, 0.6) is 0 Å². The molecule has 0 saturated carbocycles. The smallest absolute Gasteiger partial charge is 0.220 e. The van der Waals surface area contributed by atoms with Crippen LogP contribution in [0.3, 0.4) is 0 Å². The van der Waals surface area contributed by atoms with Crippen LogP contribution in [-0.2, 0) is 11.2 Å². The zero-order chi connectivity index (χ0) is 14.7. The van der Waals surface area contributed by atoms with Crippen LogP contribution in [0.25, 0.3) is 11.3 Å². The Kier molecular flexibility index (Phi) is 4.36. The van der Waals surface area contributed by atoms with Crippen LogP contribution in [0.1, 0.15) is 18.5 Å². The summed E-state index contributed by atoms with van der Waals surface area (Å²) in [5.74, 6) is 0.940. The third-order valence-electron chi connectivity index (χ3n) is 3.78. The second-order valence-electron chi connectivity index (χ2n) is 5.37. The first-order chi connectivity index (χ1) is 10.2. The van der Waals surface area contributed by atoms with Crippen molar-refractivity contribution in [3.8, 4) is 11.3 Å². The van der Waals surface area contributed by atoms with Crippen LogP contribution < -0.4 is 5.73 Å². The van der Waals surface area contributed by atoms with Gasteiger partial charge in [-0.3, -0.25) is 0 Å². The molecule has 4 nitrogen and oxygen atoms in total. The molecule has 5 heteroatoms. The molecule has 1 aromatic heterocycles. The summed E-state index contributed by atoms with van der Waals surface area (Å²) in [7, 11) is 0. The number of nitrogen functional groups attached to an aromatic ring is 1. The third-order valence-corrected chi connectivity index (χ3v) is 4.03. The zero-order valence-corrected chi connectivity index (χ0v) is 12.5. The summed E-state index contributed by atoms with van der Waals surface area (Å²) in [6.45, 7) is 1.69. The van der Waals surface area contributed by atoms with E-state index in [9.17, 15) is 0 Å². The zero-order valence-electron chi connectivity index (χ0n) is 11.8. The van der Waals surface area contributed by atoms with E-state index in [1.54, 1.807) is 0 Å². The molecule has 1 saturated heterocycles. The molecule has 0 atom stereocenters. The molecule has 1 aliphatic heterocycles. The van der Waals surface area contributed by atoms with E-state index in [4.69, 9.17) is 22.1 Å². The Bertz CT molecular complexity index is 609. The maximum absolute atomic E-state index is 5.92. The number of anilines is 1. The van der Waals surface area contributed by atoms with Crippen molar-refractivity contribution in [3.63, 3.8) is 0 Å². The first-order valence-corrected chi connectivity index (χ1v) is 7.55. The number of nitrogens with zero attached hydrogens (tertiary/aromatic N) is 2. The number of halogens is 1. The summed E-state index contributed by atoms with van der Waals surface area (Å²) < 4.78 is 5.40. The minimum absolute atomic E-state index is 0.324. The molecule has 1 fully saturated rings. The monoisotopic (exact) mass is 303 g/mol. The molecule has 0 amide bonds. The Balaban J connectivity index is 1.83. The fourth-order valence-electron chi connectivity index (χ4n) is 2.64. The number of nitrogens with two attached hydrogens (primary N) is 1. The second kappa shape index (κ2) is 6.41. The van der Waals surface area contributed by atoms with E-state index in [-0.39, 0.29) is 0 Å². The van der Waals surface area contributed by atoms with Crippen LogP contribution in [0.2, 0.25) is 5.02 Å². The van der Waals surface area contributed by atoms with Gasteiger partial charge in [0.25, 0.3) is 0 Å². The molecule has 0 aliphatic carbocycles. The van der Waals surface area contributed by atoms with Crippen LogP contribution in [0.4, 0.5) is 5.95 Å². The molecule has 2 heterocycles. The topological polar surface area (TPSA) is 61.0 Å². The number of hydrogen-bond donors (Lipinski definition) is 1. The standard InChI is InChI=1S/C16H18ClN3O/c17-13-3-1-12(2-4-13)15-10-14(19-16(18)20-15)9-11-5-7-21-8-6-11/h1-4,10-11H,5-9H2,(H2,18,19,20). The Hall–Kier alpha value is -1.65. The predicted octanol–water partition coefficient (Wildman–Crippen LogP) is 3.35. The summed E-state index contributed by atoms with van der Waals surface area (Å²) in [4.78, 5) is 8.70. The van der Waals surface area contributed by atoms with Gasteiger partial charge in [-0.25, -0.2) is 9.97 Å². The van der Waals surface area contributed by atoms with Gasteiger partial charge < -0.3 is 10.5 Å². The molecule has 110 valence electrons. The number of benzene rings is 1. The fourth-order valence-corrected chi connectivity index (χ4v) is 2.76. The van der Waals surface area contributed by atoms with Gasteiger partial charge in [0.05, 0.1) is 5.69 Å². The summed E-state index contributed by atoms with van der Waals surface area (Å²) >= 11 is 5.92. The van der Waals surface area contributed by atoms with E-state index in [0.717, 1.165) is 49.4 Å². The SMILES string of the molecule is Nc1nc(CC2CCOCC2)cc(-c2ccc(Cl)cc2)n1. The van der Waals surface area contributed by atoms with Crippen molar-refractivity contribution in [1.29, 1.82) is 0 Å². The molecule has 1 aliphatic rings. The average molecular weight is 304 g/mol. The minimum Gasteiger partial charge on any atom is -0.381 e. The highest BCUT2D eigenvalue weighted by Gasteiger charge is 2.16. The first-order valence-electron chi connectivity index (χ1n) is 7.18. The van der Waals surface area contributed by atoms with Crippen molar-refractivity contribution in [2.45, 2.75) is 19.3 Å². The Morgan fingerprint density at radius 1 is 1.14 bits per heavy atom. The van der Waals surface area contributed by atoms with Gasteiger partial charge >= 0.3 is 0 Å². The van der Waals surface area contributed by atoms with E-state index in [1.807, 2.05) is 30.3 Å². The van der Waals surface area contributed by atoms with Gasteiger partial charge in [0, 0.05) is 29.5 Å². The molecule has 0 bridgehead atoms. The largest absolute Gasteiger partial charge is 0.381 e. The summed E-state index contributed by atoms with van der Waals surface area (Å²) in [5, 5.41) is 0.711. The fraction of sp³-hybridized carbons (Fsp3) is 0.375. The highest BCUT2D eigenvalue weighted by molar-refractivity contribution is 6.30. The van der Waals surface area contributed by atoms with Crippen molar-refractivity contribution in [2.24, 2.45) is 5.92 Å². The highest BCUT2D eigenvalue weighted by atomic mass is 35.5. The second-order valence-corrected chi connectivity index (χ2v) is 5.81. The maximum atomic E-state index is 5.92. The molecule has 1 aromatic carbocycles. The van der Waals surface area contributed by atoms with Gasteiger partial charge in [0.1, 0.15) is 0 Å². The lowest BCUT2D eigenvalue weighted by Crippen LogP contribution is -2.18.